The first kappa shape index (κ1) is 30.4. The van der Waals surface area contributed by atoms with Crippen molar-refractivity contribution in [2.75, 3.05) is 6.54 Å². The standard InChI is InChI=1S/C27H30N6O3.2ClH/c1-17(28)33-13-3-2-4-24(33)36-23-11-9-22(10-12-23)32-25(29)20-8-7-19-6-5-18(14-21(19)15-20)16-31-27(35)26(30)34;;/h5-12,14-15,24,28H,2-4,13,16H2,1H3,(H2,29,32)(H2,30,34)(H,31,35);2*1H. The largest absolute Gasteiger partial charge is 0.471 e. The second-order valence-corrected chi connectivity index (χ2v) is 8.78. The van der Waals surface area contributed by atoms with Crippen molar-refractivity contribution in [2.45, 2.75) is 39.0 Å². The van der Waals surface area contributed by atoms with Gasteiger partial charge in [-0.2, -0.15) is 0 Å². The van der Waals surface area contributed by atoms with Crippen LogP contribution in [0.3, 0.4) is 0 Å². The number of ether oxygens (including phenoxy) is 1. The number of amidine groups is 2. The zero-order valence-corrected chi connectivity index (χ0v) is 22.6. The van der Waals surface area contributed by atoms with Gasteiger partial charge in [0, 0.05) is 25.1 Å². The maximum Gasteiger partial charge on any atom is 0.309 e. The first-order valence-corrected chi connectivity index (χ1v) is 11.8. The van der Waals surface area contributed by atoms with Crippen molar-refractivity contribution in [3.8, 4) is 5.75 Å². The maximum absolute atomic E-state index is 11.4. The van der Waals surface area contributed by atoms with Crippen LogP contribution in [0.5, 0.6) is 5.75 Å². The van der Waals surface area contributed by atoms with Gasteiger partial charge in [0.05, 0.1) is 11.5 Å². The number of piperidine rings is 1. The van der Waals surface area contributed by atoms with Crippen LogP contribution < -0.4 is 21.5 Å². The van der Waals surface area contributed by atoms with Crippen molar-refractivity contribution in [2.24, 2.45) is 16.5 Å². The maximum atomic E-state index is 11.4. The summed E-state index contributed by atoms with van der Waals surface area (Å²) in [6.45, 7) is 2.82. The fourth-order valence-corrected chi connectivity index (χ4v) is 4.20. The lowest BCUT2D eigenvalue weighted by molar-refractivity contribution is -0.137. The Morgan fingerprint density at radius 1 is 1.03 bits per heavy atom. The van der Waals surface area contributed by atoms with Gasteiger partial charge < -0.3 is 26.4 Å². The molecule has 1 aliphatic heterocycles. The van der Waals surface area contributed by atoms with Crippen LogP contribution in [-0.2, 0) is 16.1 Å². The highest BCUT2D eigenvalue weighted by atomic mass is 35.5. The fraction of sp³-hybridized carbons (Fsp3) is 0.259. The highest BCUT2D eigenvalue weighted by Gasteiger charge is 2.24. The van der Waals surface area contributed by atoms with Gasteiger partial charge in [0.2, 0.25) is 0 Å². The molecule has 38 heavy (non-hydrogen) atoms. The molecule has 202 valence electrons. The summed E-state index contributed by atoms with van der Waals surface area (Å²) in [4.78, 5) is 28.9. The summed E-state index contributed by atoms with van der Waals surface area (Å²) in [5, 5.41) is 12.4. The van der Waals surface area contributed by atoms with E-state index in [2.05, 4.69) is 10.3 Å². The van der Waals surface area contributed by atoms with E-state index in [-0.39, 0.29) is 37.6 Å². The van der Waals surface area contributed by atoms with E-state index >= 15 is 0 Å². The third-order valence-corrected chi connectivity index (χ3v) is 6.11. The molecule has 0 aliphatic carbocycles. The molecule has 3 aromatic carbocycles. The molecule has 1 atom stereocenters. The first-order chi connectivity index (χ1) is 17.3. The van der Waals surface area contributed by atoms with Gasteiger partial charge in [-0.25, -0.2) is 4.99 Å². The molecule has 9 nitrogen and oxygen atoms in total. The molecule has 0 saturated carbocycles. The second-order valence-electron chi connectivity index (χ2n) is 8.78. The first-order valence-electron chi connectivity index (χ1n) is 11.8. The summed E-state index contributed by atoms with van der Waals surface area (Å²) in [6, 6.07) is 19.0. The van der Waals surface area contributed by atoms with Crippen LogP contribution in [0.4, 0.5) is 5.69 Å². The molecule has 6 N–H and O–H groups in total. The minimum atomic E-state index is -1.01. The van der Waals surface area contributed by atoms with Crippen molar-refractivity contribution >= 4 is 64.8 Å². The molecule has 0 radical (unpaired) electrons. The molecule has 1 unspecified atom stereocenters. The molecule has 1 fully saturated rings. The Kier molecular flexibility index (Phi) is 10.9. The number of nitrogens with one attached hydrogen (secondary N) is 2. The Bertz CT molecular complexity index is 1330. The van der Waals surface area contributed by atoms with Gasteiger partial charge in [-0.05, 0) is 72.5 Å². The van der Waals surface area contributed by atoms with Gasteiger partial charge in [-0.1, -0.05) is 24.3 Å². The molecule has 3 aromatic rings. The van der Waals surface area contributed by atoms with E-state index in [1.807, 2.05) is 65.6 Å². The molecule has 1 saturated heterocycles. The van der Waals surface area contributed by atoms with Crippen molar-refractivity contribution in [3.63, 3.8) is 0 Å². The van der Waals surface area contributed by atoms with E-state index < -0.39 is 11.8 Å². The van der Waals surface area contributed by atoms with Crippen molar-refractivity contribution in [1.82, 2.24) is 10.2 Å². The molecule has 0 spiro atoms. The van der Waals surface area contributed by atoms with Crippen molar-refractivity contribution < 1.29 is 14.3 Å². The van der Waals surface area contributed by atoms with Crippen LogP contribution >= 0.6 is 24.8 Å². The number of benzene rings is 3. The molecule has 1 aliphatic rings. The lowest BCUT2D eigenvalue weighted by Crippen LogP contribution is -2.45. The van der Waals surface area contributed by atoms with Crippen LogP contribution in [0.15, 0.2) is 65.7 Å². The SMILES string of the molecule is CC(=N)N1CCCCC1Oc1ccc(N=C(N)c2ccc3ccc(CNC(=O)C(N)=O)cc3c2)cc1.Cl.Cl. The number of hydrogen-bond acceptors (Lipinski definition) is 5. The number of hydrogen-bond donors (Lipinski definition) is 4. The molecular formula is C27H32Cl2N6O3. The minimum absolute atomic E-state index is 0. The van der Waals surface area contributed by atoms with Gasteiger partial charge in [0.25, 0.3) is 0 Å². The number of halogens is 2. The Balaban J connectivity index is 0.00000253. The number of nitrogens with zero attached hydrogens (tertiary/aromatic N) is 2. The van der Waals surface area contributed by atoms with E-state index in [4.69, 9.17) is 21.6 Å². The predicted molar refractivity (Wildman–Crippen MR) is 155 cm³/mol. The molecule has 0 bridgehead atoms. The monoisotopic (exact) mass is 558 g/mol. The lowest BCUT2D eigenvalue weighted by Gasteiger charge is -2.36. The summed E-state index contributed by atoms with van der Waals surface area (Å²) >= 11 is 0. The average Bonchev–Trinajstić information content (AvgIpc) is 2.88. The Morgan fingerprint density at radius 2 is 1.74 bits per heavy atom. The summed E-state index contributed by atoms with van der Waals surface area (Å²) in [6.07, 6.45) is 2.93. The number of carbonyl (C=O) groups is 2. The van der Waals surface area contributed by atoms with E-state index in [0.717, 1.165) is 53.5 Å². The van der Waals surface area contributed by atoms with Gasteiger partial charge in [-0.3, -0.25) is 15.0 Å². The van der Waals surface area contributed by atoms with E-state index in [9.17, 15) is 9.59 Å². The van der Waals surface area contributed by atoms with Crippen LogP contribution in [0.2, 0.25) is 0 Å². The van der Waals surface area contributed by atoms with E-state index in [1.54, 1.807) is 6.92 Å². The Hall–Kier alpha value is -3.82. The second kappa shape index (κ2) is 13.6. The number of amides is 2. The van der Waals surface area contributed by atoms with E-state index in [0.29, 0.717) is 17.4 Å². The molecular weight excluding hydrogens is 527 g/mol. The van der Waals surface area contributed by atoms with Gasteiger partial charge >= 0.3 is 11.8 Å². The summed E-state index contributed by atoms with van der Waals surface area (Å²) < 4.78 is 6.13. The molecule has 0 aromatic heterocycles. The summed E-state index contributed by atoms with van der Waals surface area (Å²) in [5.74, 6) is -0.216. The fourth-order valence-electron chi connectivity index (χ4n) is 4.20. The summed E-state index contributed by atoms with van der Waals surface area (Å²) in [5.41, 5.74) is 13.6. The van der Waals surface area contributed by atoms with Gasteiger partial charge in [-0.15, -0.1) is 24.8 Å². The number of nitrogens with two attached hydrogens (primary N) is 2. The van der Waals surface area contributed by atoms with Crippen LogP contribution in [0.1, 0.15) is 37.3 Å². The minimum Gasteiger partial charge on any atom is -0.471 e. The van der Waals surface area contributed by atoms with Gasteiger partial charge in [0.15, 0.2) is 6.23 Å². The van der Waals surface area contributed by atoms with Gasteiger partial charge in [0.1, 0.15) is 11.6 Å². The summed E-state index contributed by atoms with van der Waals surface area (Å²) in [7, 11) is 0. The smallest absolute Gasteiger partial charge is 0.309 e. The quantitative estimate of drug-likeness (QED) is 0.205. The molecule has 4 rings (SSSR count). The lowest BCUT2D eigenvalue weighted by atomic mass is 10.0. The Labute approximate surface area is 233 Å². The highest BCUT2D eigenvalue weighted by Crippen LogP contribution is 2.25. The topological polar surface area (TPSA) is 147 Å². The van der Waals surface area contributed by atoms with Crippen LogP contribution in [0.25, 0.3) is 10.8 Å². The Morgan fingerprint density at radius 3 is 2.42 bits per heavy atom. The number of fused-ring (bicyclic) bond motifs is 1. The third kappa shape index (κ3) is 7.60. The number of aliphatic imine (C=N–C) groups is 1. The number of primary amides is 1. The number of likely N-dealkylation sites (tertiary alicyclic amines) is 1. The third-order valence-electron chi connectivity index (χ3n) is 6.11. The van der Waals surface area contributed by atoms with E-state index in [1.165, 1.54) is 0 Å². The number of carbonyl (C=O) groups excluding carboxylic acids is 2. The van der Waals surface area contributed by atoms with Crippen LogP contribution in [0, 0.1) is 5.41 Å². The molecule has 1 heterocycles. The van der Waals surface area contributed by atoms with Crippen molar-refractivity contribution in [3.05, 3.63) is 71.8 Å². The van der Waals surface area contributed by atoms with Crippen molar-refractivity contribution in [1.29, 1.82) is 5.41 Å². The predicted octanol–water partition coefficient (Wildman–Crippen LogP) is 4.01. The normalized spacial score (nSPS) is 15.1. The highest BCUT2D eigenvalue weighted by molar-refractivity contribution is 6.34. The average molecular weight is 559 g/mol. The zero-order chi connectivity index (χ0) is 25.7. The number of rotatable bonds is 6. The molecule has 11 heteroatoms. The van der Waals surface area contributed by atoms with Crippen LogP contribution in [-0.4, -0.2) is 41.2 Å². The molecule has 2 amide bonds. The zero-order valence-electron chi connectivity index (χ0n) is 21.0.